The highest BCUT2D eigenvalue weighted by atomic mass is 16.1. The molecule has 2 aromatic carbocycles. The van der Waals surface area contributed by atoms with E-state index in [1.54, 1.807) is 12.1 Å². The van der Waals surface area contributed by atoms with Gasteiger partial charge in [-0.05, 0) is 60.7 Å². The van der Waals surface area contributed by atoms with Gasteiger partial charge in [0, 0.05) is 17.4 Å². The summed E-state index contributed by atoms with van der Waals surface area (Å²) in [5, 5.41) is 12.9. The van der Waals surface area contributed by atoms with E-state index in [0.717, 1.165) is 22.2 Å². The normalized spacial score (nSPS) is 10.5. The highest BCUT2D eigenvalue weighted by Crippen LogP contribution is 2.18. The first-order valence-corrected chi connectivity index (χ1v) is 7.43. The number of nitriles is 1. The molecule has 0 aliphatic heterocycles. The monoisotopic (exact) mass is 303 g/mol. The minimum atomic E-state index is -0.0897. The standard InChI is InChI=1S/C19H17N3O/c1-13-3-6-17(9-14(13)2)21-19(23)12-22-8-7-16-5-4-15(11-20)10-18(16)22/h3-10H,12H2,1-2H3,(H,21,23). The van der Waals surface area contributed by atoms with E-state index in [2.05, 4.69) is 11.4 Å². The number of aromatic nitrogens is 1. The lowest BCUT2D eigenvalue weighted by Gasteiger charge is -2.09. The molecule has 0 atom stereocenters. The molecule has 0 spiro atoms. The summed E-state index contributed by atoms with van der Waals surface area (Å²) in [7, 11) is 0. The topological polar surface area (TPSA) is 57.8 Å². The second kappa shape index (κ2) is 5.98. The van der Waals surface area contributed by atoms with Crippen LogP contribution in [0.25, 0.3) is 10.9 Å². The summed E-state index contributed by atoms with van der Waals surface area (Å²) >= 11 is 0. The Labute approximate surface area is 135 Å². The lowest BCUT2D eigenvalue weighted by molar-refractivity contribution is -0.116. The summed E-state index contributed by atoms with van der Waals surface area (Å²) in [4.78, 5) is 12.3. The molecule has 3 rings (SSSR count). The third-order valence-corrected chi connectivity index (χ3v) is 4.01. The van der Waals surface area contributed by atoms with Crippen molar-refractivity contribution in [3.8, 4) is 6.07 Å². The van der Waals surface area contributed by atoms with Crippen molar-refractivity contribution in [1.82, 2.24) is 4.57 Å². The van der Waals surface area contributed by atoms with Crippen molar-refractivity contribution in [1.29, 1.82) is 5.26 Å². The minimum Gasteiger partial charge on any atom is -0.338 e. The van der Waals surface area contributed by atoms with E-state index in [4.69, 9.17) is 5.26 Å². The lowest BCUT2D eigenvalue weighted by Crippen LogP contribution is -2.18. The molecule has 0 saturated carbocycles. The second-order valence-electron chi connectivity index (χ2n) is 5.68. The van der Waals surface area contributed by atoms with Gasteiger partial charge in [0.2, 0.25) is 5.91 Å². The lowest BCUT2D eigenvalue weighted by atomic mass is 10.1. The summed E-state index contributed by atoms with van der Waals surface area (Å²) in [6, 6.07) is 15.4. The Hall–Kier alpha value is -3.06. The van der Waals surface area contributed by atoms with Crippen LogP contribution in [0.2, 0.25) is 0 Å². The summed E-state index contributed by atoms with van der Waals surface area (Å²) in [5.41, 5.74) is 4.62. The van der Waals surface area contributed by atoms with Gasteiger partial charge in [0.05, 0.1) is 11.6 Å². The molecule has 114 valence electrons. The number of rotatable bonds is 3. The number of amides is 1. The van der Waals surface area contributed by atoms with Crippen molar-refractivity contribution in [2.45, 2.75) is 20.4 Å². The van der Waals surface area contributed by atoms with Crippen LogP contribution in [-0.4, -0.2) is 10.5 Å². The second-order valence-corrected chi connectivity index (χ2v) is 5.68. The first-order chi connectivity index (χ1) is 11.1. The number of hydrogen-bond donors (Lipinski definition) is 1. The van der Waals surface area contributed by atoms with E-state index in [1.165, 1.54) is 5.56 Å². The Kier molecular flexibility index (Phi) is 3.86. The van der Waals surface area contributed by atoms with Gasteiger partial charge in [-0.15, -0.1) is 0 Å². The number of aryl methyl sites for hydroxylation is 2. The number of benzene rings is 2. The molecule has 1 amide bonds. The zero-order valence-electron chi connectivity index (χ0n) is 13.1. The van der Waals surface area contributed by atoms with Gasteiger partial charge >= 0.3 is 0 Å². The highest BCUT2D eigenvalue weighted by Gasteiger charge is 2.08. The maximum atomic E-state index is 12.3. The number of hydrogen-bond acceptors (Lipinski definition) is 2. The summed E-state index contributed by atoms with van der Waals surface area (Å²) < 4.78 is 1.85. The van der Waals surface area contributed by atoms with Crippen molar-refractivity contribution < 1.29 is 4.79 Å². The summed E-state index contributed by atoms with van der Waals surface area (Å²) in [6.07, 6.45) is 1.87. The maximum absolute atomic E-state index is 12.3. The fraction of sp³-hybridized carbons (Fsp3) is 0.158. The number of anilines is 1. The van der Waals surface area contributed by atoms with Gasteiger partial charge in [0.15, 0.2) is 0 Å². The molecule has 1 aromatic heterocycles. The predicted molar refractivity (Wildman–Crippen MR) is 91.2 cm³/mol. The molecule has 0 aliphatic rings. The van der Waals surface area contributed by atoms with Crippen LogP contribution in [0.1, 0.15) is 16.7 Å². The molecular formula is C19H17N3O. The summed E-state index contributed by atoms with van der Waals surface area (Å²) in [5.74, 6) is -0.0897. The van der Waals surface area contributed by atoms with Crippen molar-refractivity contribution >= 4 is 22.5 Å². The Morgan fingerprint density at radius 3 is 2.70 bits per heavy atom. The van der Waals surface area contributed by atoms with Gasteiger partial charge in [-0.3, -0.25) is 4.79 Å². The van der Waals surface area contributed by atoms with E-state index < -0.39 is 0 Å². The molecule has 23 heavy (non-hydrogen) atoms. The Balaban J connectivity index is 1.80. The van der Waals surface area contributed by atoms with Crippen LogP contribution in [0.15, 0.2) is 48.7 Å². The van der Waals surface area contributed by atoms with Crippen molar-refractivity contribution in [2.24, 2.45) is 0 Å². The Bertz CT molecular complexity index is 931. The van der Waals surface area contributed by atoms with E-state index in [-0.39, 0.29) is 12.5 Å². The average molecular weight is 303 g/mol. The van der Waals surface area contributed by atoms with E-state index in [1.807, 2.05) is 54.9 Å². The van der Waals surface area contributed by atoms with Crippen LogP contribution in [0, 0.1) is 25.2 Å². The Morgan fingerprint density at radius 2 is 1.96 bits per heavy atom. The van der Waals surface area contributed by atoms with Gasteiger partial charge in [-0.1, -0.05) is 12.1 Å². The fourth-order valence-corrected chi connectivity index (χ4v) is 2.57. The van der Waals surface area contributed by atoms with E-state index in [0.29, 0.717) is 5.56 Å². The third kappa shape index (κ3) is 3.09. The molecule has 0 bridgehead atoms. The maximum Gasteiger partial charge on any atom is 0.244 e. The molecule has 0 radical (unpaired) electrons. The molecule has 1 heterocycles. The SMILES string of the molecule is Cc1ccc(NC(=O)Cn2ccc3ccc(C#N)cc32)cc1C. The number of fused-ring (bicyclic) bond motifs is 1. The molecule has 0 saturated heterocycles. The molecule has 3 aromatic rings. The summed E-state index contributed by atoms with van der Waals surface area (Å²) in [6.45, 7) is 4.28. The zero-order chi connectivity index (χ0) is 16.4. The Morgan fingerprint density at radius 1 is 1.13 bits per heavy atom. The van der Waals surface area contributed by atoms with Crippen molar-refractivity contribution in [3.63, 3.8) is 0 Å². The molecular weight excluding hydrogens is 286 g/mol. The van der Waals surface area contributed by atoms with Gasteiger partial charge in [0.25, 0.3) is 0 Å². The van der Waals surface area contributed by atoms with E-state index >= 15 is 0 Å². The van der Waals surface area contributed by atoms with Gasteiger partial charge in [0.1, 0.15) is 6.54 Å². The number of nitrogens with one attached hydrogen (secondary N) is 1. The first kappa shape index (κ1) is 14.9. The largest absolute Gasteiger partial charge is 0.338 e. The zero-order valence-corrected chi connectivity index (χ0v) is 13.1. The van der Waals surface area contributed by atoms with E-state index in [9.17, 15) is 4.79 Å². The highest BCUT2D eigenvalue weighted by molar-refractivity contribution is 5.92. The number of carbonyl (C=O) groups excluding carboxylic acids is 1. The quantitative estimate of drug-likeness (QED) is 0.800. The number of carbonyl (C=O) groups is 1. The number of nitrogens with zero attached hydrogens (tertiary/aromatic N) is 2. The molecule has 4 nitrogen and oxygen atoms in total. The van der Waals surface area contributed by atoms with Crippen LogP contribution < -0.4 is 5.32 Å². The predicted octanol–water partition coefficient (Wildman–Crippen LogP) is 3.77. The smallest absolute Gasteiger partial charge is 0.244 e. The third-order valence-electron chi connectivity index (χ3n) is 4.01. The van der Waals surface area contributed by atoms with Crippen molar-refractivity contribution in [3.05, 3.63) is 65.4 Å². The molecule has 0 aliphatic carbocycles. The van der Waals surface area contributed by atoms with Crippen LogP contribution in [0.3, 0.4) is 0 Å². The van der Waals surface area contributed by atoms with Gasteiger partial charge < -0.3 is 9.88 Å². The molecule has 0 fully saturated rings. The molecule has 0 unspecified atom stereocenters. The average Bonchev–Trinajstić information content (AvgIpc) is 2.93. The van der Waals surface area contributed by atoms with Crippen LogP contribution in [0.5, 0.6) is 0 Å². The van der Waals surface area contributed by atoms with Crippen LogP contribution in [0.4, 0.5) is 5.69 Å². The molecule has 4 heteroatoms. The first-order valence-electron chi connectivity index (χ1n) is 7.43. The minimum absolute atomic E-state index is 0.0897. The van der Waals surface area contributed by atoms with Gasteiger partial charge in [-0.25, -0.2) is 0 Å². The fourth-order valence-electron chi connectivity index (χ4n) is 2.57. The molecule has 1 N–H and O–H groups in total. The van der Waals surface area contributed by atoms with Crippen molar-refractivity contribution in [2.75, 3.05) is 5.32 Å². The van der Waals surface area contributed by atoms with Crippen LogP contribution >= 0.6 is 0 Å². The van der Waals surface area contributed by atoms with Crippen LogP contribution in [-0.2, 0) is 11.3 Å². The van der Waals surface area contributed by atoms with Gasteiger partial charge in [-0.2, -0.15) is 5.26 Å².